The van der Waals surface area contributed by atoms with Crippen molar-refractivity contribution in [2.24, 2.45) is 0 Å². The van der Waals surface area contributed by atoms with Crippen molar-refractivity contribution in [3.05, 3.63) is 70.6 Å². The first-order valence-electron chi connectivity index (χ1n) is 10.5. The number of nitrogens with one attached hydrogen (secondary N) is 1. The number of benzene rings is 2. The van der Waals surface area contributed by atoms with Crippen LogP contribution in [0.1, 0.15) is 30.6 Å². The molecule has 154 valence electrons. The van der Waals surface area contributed by atoms with Gasteiger partial charge in [0.15, 0.2) is 5.65 Å². The van der Waals surface area contributed by atoms with Crippen LogP contribution < -0.4 is 10.9 Å². The first-order chi connectivity index (χ1) is 14.6. The van der Waals surface area contributed by atoms with Gasteiger partial charge in [0, 0.05) is 19.3 Å². The molecule has 0 unspecified atom stereocenters. The van der Waals surface area contributed by atoms with Gasteiger partial charge in [-0.1, -0.05) is 38.1 Å². The van der Waals surface area contributed by atoms with Gasteiger partial charge in [0.1, 0.15) is 0 Å². The van der Waals surface area contributed by atoms with E-state index in [0.717, 1.165) is 36.8 Å². The first-order valence-corrected chi connectivity index (χ1v) is 10.5. The Morgan fingerprint density at radius 3 is 2.57 bits per heavy atom. The van der Waals surface area contributed by atoms with Gasteiger partial charge < -0.3 is 10.2 Å². The van der Waals surface area contributed by atoms with E-state index >= 15 is 0 Å². The highest BCUT2D eigenvalue weighted by molar-refractivity contribution is 6.02. The third-order valence-electron chi connectivity index (χ3n) is 5.45. The van der Waals surface area contributed by atoms with Gasteiger partial charge in [-0.2, -0.15) is 0 Å². The highest BCUT2D eigenvalue weighted by Crippen LogP contribution is 2.20. The number of fused-ring (bicyclic) bond motifs is 3. The predicted octanol–water partition coefficient (Wildman–Crippen LogP) is 3.46. The molecule has 0 saturated heterocycles. The second-order valence-electron chi connectivity index (χ2n) is 7.44. The van der Waals surface area contributed by atoms with Crippen LogP contribution in [0.15, 0.2) is 59.5 Å². The number of likely N-dealkylation sites (N-methyl/N-ethyl adjacent to an activating group) is 1. The van der Waals surface area contributed by atoms with Crippen molar-refractivity contribution >= 4 is 33.2 Å². The Morgan fingerprint density at radius 1 is 1.07 bits per heavy atom. The molecule has 0 spiro atoms. The van der Waals surface area contributed by atoms with E-state index in [0.29, 0.717) is 28.7 Å². The number of hydrogen-bond acceptors (Lipinski definition) is 4. The third kappa shape index (κ3) is 3.78. The monoisotopic (exact) mass is 402 g/mol. The van der Waals surface area contributed by atoms with Crippen molar-refractivity contribution in [2.45, 2.75) is 20.3 Å². The number of pyridine rings is 1. The van der Waals surface area contributed by atoms with Crippen molar-refractivity contribution in [3.63, 3.8) is 0 Å². The molecule has 0 aliphatic carbocycles. The zero-order chi connectivity index (χ0) is 21.1. The molecule has 0 aliphatic rings. The lowest BCUT2D eigenvalue weighted by Crippen LogP contribution is -2.35. The SMILES string of the molecule is CCCN(CC)CCNC(=O)c1cccn2c(=O)c3cc4ccccc4cc3nc12. The van der Waals surface area contributed by atoms with Crippen molar-refractivity contribution < 1.29 is 4.79 Å². The summed E-state index contributed by atoms with van der Waals surface area (Å²) in [4.78, 5) is 33.0. The maximum Gasteiger partial charge on any atom is 0.265 e. The molecule has 4 aromatic rings. The largest absolute Gasteiger partial charge is 0.351 e. The van der Waals surface area contributed by atoms with Gasteiger partial charge >= 0.3 is 0 Å². The van der Waals surface area contributed by atoms with Crippen molar-refractivity contribution in [3.8, 4) is 0 Å². The highest BCUT2D eigenvalue weighted by Gasteiger charge is 2.15. The minimum atomic E-state index is -0.215. The van der Waals surface area contributed by atoms with Crippen molar-refractivity contribution in [2.75, 3.05) is 26.2 Å². The van der Waals surface area contributed by atoms with Crippen LogP contribution in [-0.2, 0) is 0 Å². The molecule has 0 saturated carbocycles. The van der Waals surface area contributed by atoms with Crippen LogP contribution >= 0.6 is 0 Å². The summed E-state index contributed by atoms with van der Waals surface area (Å²) < 4.78 is 1.46. The lowest BCUT2D eigenvalue weighted by molar-refractivity contribution is 0.0949. The average Bonchev–Trinajstić information content (AvgIpc) is 2.77. The molecule has 6 nitrogen and oxygen atoms in total. The van der Waals surface area contributed by atoms with E-state index in [1.165, 1.54) is 4.40 Å². The standard InChI is InChI=1S/C24H26N4O2/c1-3-12-27(4-2)14-11-25-23(29)19-10-7-13-28-22(19)26-21-16-18-9-6-5-8-17(18)15-20(21)24(28)30/h5-10,13,15-16H,3-4,11-12,14H2,1-2H3,(H,25,29). The lowest BCUT2D eigenvalue weighted by atomic mass is 10.1. The quantitative estimate of drug-likeness (QED) is 0.481. The van der Waals surface area contributed by atoms with E-state index in [-0.39, 0.29) is 11.5 Å². The molecule has 4 rings (SSSR count). The van der Waals surface area contributed by atoms with Gasteiger partial charge in [-0.3, -0.25) is 14.0 Å². The minimum Gasteiger partial charge on any atom is -0.351 e. The molecule has 0 aliphatic heterocycles. The second-order valence-corrected chi connectivity index (χ2v) is 7.44. The molecule has 0 atom stereocenters. The van der Waals surface area contributed by atoms with Gasteiger partial charge in [-0.05, 0) is 54.5 Å². The number of amides is 1. The second kappa shape index (κ2) is 8.63. The number of nitrogens with zero attached hydrogens (tertiary/aromatic N) is 3. The number of carbonyl (C=O) groups is 1. The number of carbonyl (C=O) groups excluding carboxylic acids is 1. The molecule has 0 radical (unpaired) electrons. The predicted molar refractivity (Wildman–Crippen MR) is 121 cm³/mol. The van der Waals surface area contributed by atoms with E-state index in [2.05, 4.69) is 24.1 Å². The van der Waals surface area contributed by atoms with E-state index in [4.69, 9.17) is 4.98 Å². The molecule has 1 amide bonds. The fourth-order valence-corrected chi connectivity index (χ4v) is 3.86. The van der Waals surface area contributed by atoms with Gasteiger partial charge in [0.05, 0.1) is 16.5 Å². The van der Waals surface area contributed by atoms with Crippen LogP contribution in [0, 0.1) is 0 Å². The summed E-state index contributed by atoms with van der Waals surface area (Å²) in [5.41, 5.74) is 1.21. The number of aromatic nitrogens is 2. The maximum atomic E-state index is 13.1. The molecule has 0 bridgehead atoms. The molecule has 0 fully saturated rings. The summed E-state index contributed by atoms with van der Waals surface area (Å²) in [6, 6.07) is 15.1. The minimum absolute atomic E-state index is 0.171. The summed E-state index contributed by atoms with van der Waals surface area (Å²) in [6.45, 7) is 7.58. The molecule has 6 heteroatoms. The van der Waals surface area contributed by atoms with Crippen molar-refractivity contribution in [1.82, 2.24) is 19.6 Å². The maximum absolute atomic E-state index is 13.1. The molecule has 2 heterocycles. The zero-order valence-electron chi connectivity index (χ0n) is 17.4. The van der Waals surface area contributed by atoms with E-state index in [1.54, 1.807) is 18.3 Å². The Balaban J connectivity index is 1.71. The zero-order valence-corrected chi connectivity index (χ0v) is 17.4. The smallest absolute Gasteiger partial charge is 0.265 e. The Bertz CT molecular complexity index is 1280. The molecular weight excluding hydrogens is 376 g/mol. The van der Waals surface area contributed by atoms with E-state index < -0.39 is 0 Å². The summed E-state index contributed by atoms with van der Waals surface area (Å²) in [7, 11) is 0. The van der Waals surface area contributed by atoms with Gasteiger partial charge in [-0.25, -0.2) is 4.98 Å². The summed E-state index contributed by atoms with van der Waals surface area (Å²) >= 11 is 0. The van der Waals surface area contributed by atoms with Crippen LogP contribution in [0.4, 0.5) is 0 Å². The molecule has 30 heavy (non-hydrogen) atoms. The van der Waals surface area contributed by atoms with Crippen LogP contribution in [0.5, 0.6) is 0 Å². The van der Waals surface area contributed by atoms with Crippen LogP contribution in [-0.4, -0.2) is 46.4 Å². The summed E-state index contributed by atoms with van der Waals surface area (Å²) in [6.07, 6.45) is 2.75. The van der Waals surface area contributed by atoms with E-state index in [9.17, 15) is 9.59 Å². The Hall–Kier alpha value is -3.25. The van der Waals surface area contributed by atoms with Gasteiger partial charge in [-0.15, -0.1) is 0 Å². The van der Waals surface area contributed by atoms with Crippen LogP contribution in [0.2, 0.25) is 0 Å². The lowest BCUT2D eigenvalue weighted by Gasteiger charge is -2.19. The fraction of sp³-hybridized carbons (Fsp3) is 0.292. The average molecular weight is 402 g/mol. The topological polar surface area (TPSA) is 66.7 Å². The number of hydrogen-bond donors (Lipinski definition) is 1. The Kier molecular flexibility index (Phi) is 5.77. The third-order valence-corrected chi connectivity index (χ3v) is 5.45. The highest BCUT2D eigenvalue weighted by atomic mass is 16.2. The van der Waals surface area contributed by atoms with Crippen molar-refractivity contribution in [1.29, 1.82) is 0 Å². The van der Waals surface area contributed by atoms with Crippen LogP contribution in [0.25, 0.3) is 27.3 Å². The first kappa shape index (κ1) is 20.0. The molecule has 2 aromatic carbocycles. The van der Waals surface area contributed by atoms with Gasteiger partial charge in [0.25, 0.3) is 11.5 Å². The summed E-state index contributed by atoms with van der Waals surface area (Å²) in [5.74, 6) is -0.215. The van der Waals surface area contributed by atoms with Gasteiger partial charge in [0.2, 0.25) is 0 Å². The molecule has 1 N–H and O–H groups in total. The normalized spacial score (nSPS) is 11.6. The number of rotatable bonds is 7. The fourth-order valence-electron chi connectivity index (χ4n) is 3.86. The molecule has 2 aromatic heterocycles. The molecular formula is C24H26N4O2. The summed E-state index contributed by atoms with van der Waals surface area (Å²) in [5, 5.41) is 5.52. The van der Waals surface area contributed by atoms with Crippen LogP contribution in [0.3, 0.4) is 0 Å². The Morgan fingerprint density at radius 2 is 1.83 bits per heavy atom. The van der Waals surface area contributed by atoms with E-state index in [1.807, 2.05) is 36.4 Å². The Labute approximate surface area is 175 Å².